The number of amides is 2. The molecule has 4 rings (SSSR count). The van der Waals surface area contributed by atoms with E-state index in [1.807, 2.05) is 0 Å². The first-order valence-electron chi connectivity index (χ1n) is 10.9. The molecule has 2 aliphatic rings. The Morgan fingerprint density at radius 3 is 2.33 bits per heavy atom. The molecule has 0 spiro atoms. The number of nitrogens with zero attached hydrogens (tertiary/aromatic N) is 2. The van der Waals surface area contributed by atoms with E-state index < -0.39 is 15.4 Å². The highest BCUT2D eigenvalue weighted by molar-refractivity contribution is 7.89. The third-order valence-electron chi connectivity index (χ3n) is 6.66. The summed E-state index contributed by atoms with van der Waals surface area (Å²) in [7, 11) is -0.446. The molecule has 2 aromatic carbocycles. The smallest absolute Gasteiger partial charge is 0.243 e. The lowest BCUT2D eigenvalue weighted by Crippen LogP contribution is -2.41. The normalized spacial score (nSPS) is 18.8. The molecule has 0 saturated carbocycles. The molecule has 8 nitrogen and oxygen atoms in total. The first kappa shape index (κ1) is 23.3. The summed E-state index contributed by atoms with van der Waals surface area (Å²) in [6.45, 7) is 4.15. The summed E-state index contributed by atoms with van der Waals surface area (Å²) >= 11 is 0. The second-order valence-corrected chi connectivity index (χ2v) is 11.0. The summed E-state index contributed by atoms with van der Waals surface area (Å²) in [6.07, 6.45) is 0.887. The van der Waals surface area contributed by atoms with E-state index in [1.54, 1.807) is 75.4 Å². The van der Waals surface area contributed by atoms with E-state index in [0.717, 1.165) is 5.69 Å². The lowest BCUT2D eigenvalue weighted by atomic mass is 9.86. The number of rotatable bonds is 5. The Hall–Kier alpha value is -2.91. The number of fused-ring (bicyclic) bond motifs is 1. The van der Waals surface area contributed by atoms with Gasteiger partial charge in [-0.15, -0.1) is 0 Å². The molecule has 33 heavy (non-hydrogen) atoms. The van der Waals surface area contributed by atoms with Crippen LogP contribution in [0.15, 0.2) is 47.4 Å². The number of sulfonamides is 1. The minimum Gasteiger partial charge on any atom is -0.497 e. The molecule has 1 N–H and O–H groups in total. The van der Waals surface area contributed by atoms with Crippen molar-refractivity contribution in [2.75, 3.05) is 37.5 Å². The number of nitrogens with one attached hydrogen (secondary N) is 1. The van der Waals surface area contributed by atoms with Gasteiger partial charge >= 0.3 is 0 Å². The fourth-order valence-electron chi connectivity index (χ4n) is 4.54. The summed E-state index contributed by atoms with van der Waals surface area (Å²) in [6, 6.07) is 12.0. The quantitative estimate of drug-likeness (QED) is 0.723. The van der Waals surface area contributed by atoms with Crippen LogP contribution in [0, 0.1) is 5.92 Å². The van der Waals surface area contributed by atoms with Gasteiger partial charge in [-0.1, -0.05) is 0 Å². The van der Waals surface area contributed by atoms with Crippen LogP contribution in [0.5, 0.6) is 5.75 Å². The van der Waals surface area contributed by atoms with Crippen LogP contribution in [-0.4, -0.2) is 51.8 Å². The molecule has 0 atom stereocenters. The Morgan fingerprint density at radius 2 is 1.73 bits per heavy atom. The topological polar surface area (TPSA) is 96.0 Å². The summed E-state index contributed by atoms with van der Waals surface area (Å²) in [5.41, 5.74) is 1.35. The van der Waals surface area contributed by atoms with Gasteiger partial charge in [-0.25, -0.2) is 8.42 Å². The highest BCUT2D eigenvalue weighted by atomic mass is 32.2. The number of ether oxygens (including phenoxy) is 1. The molecule has 0 unspecified atom stereocenters. The molecule has 2 amide bonds. The maximum Gasteiger partial charge on any atom is 0.243 e. The Kier molecular flexibility index (Phi) is 5.96. The van der Waals surface area contributed by atoms with E-state index in [-0.39, 0.29) is 35.7 Å². The van der Waals surface area contributed by atoms with Gasteiger partial charge in [0.15, 0.2) is 0 Å². The van der Waals surface area contributed by atoms with Crippen molar-refractivity contribution in [2.45, 2.75) is 37.0 Å². The zero-order chi connectivity index (χ0) is 24.0. The molecular formula is C24H29N3O5S. The van der Waals surface area contributed by atoms with Gasteiger partial charge in [0.05, 0.1) is 17.4 Å². The highest BCUT2D eigenvalue weighted by Crippen LogP contribution is 2.42. The zero-order valence-electron chi connectivity index (χ0n) is 19.3. The molecule has 0 radical (unpaired) electrons. The van der Waals surface area contributed by atoms with Crippen LogP contribution in [0.25, 0.3) is 0 Å². The number of hydrogen-bond donors (Lipinski definition) is 1. The SMILES string of the molecule is COc1ccc(NC(=O)C2CCN(S(=O)(=O)c3ccc4c(c3)C(C)(C)C(=O)N4C)CC2)cc1. The summed E-state index contributed by atoms with van der Waals surface area (Å²) in [5.74, 6) is 0.273. The van der Waals surface area contributed by atoms with Gasteiger partial charge in [0.2, 0.25) is 21.8 Å². The predicted molar refractivity (Wildman–Crippen MR) is 126 cm³/mol. The largest absolute Gasteiger partial charge is 0.497 e. The fourth-order valence-corrected chi connectivity index (χ4v) is 6.04. The molecule has 1 fully saturated rings. The van der Waals surface area contributed by atoms with Crippen LogP contribution < -0.4 is 15.0 Å². The van der Waals surface area contributed by atoms with E-state index >= 15 is 0 Å². The number of methoxy groups -OCH3 is 1. The number of carbonyl (C=O) groups is 2. The van der Waals surface area contributed by atoms with Gasteiger partial charge in [-0.05, 0) is 74.7 Å². The van der Waals surface area contributed by atoms with Crippen LogP contribution in [0.1, 0.15) is 32.3 Å². The molecular weight excluding hydrogens is 442 g/mol. The number of carbonyl (C=O) groups excluding carboxylic acids is 2. The first-order chi connectivity index (χ1) is 15.6. The first-order valence-corrected chi connectivity index (χ1v) is 12.4. The summed E-state index contributed by atoms with van der Waals surface area (Å²) in [5, 5.41) is 2.89. The second-order valence-electron chi connectivity index (χ2n) is 9.06. The van der Waals surface area contributed by atoms with Gasteiger partial charge in [-0.2, -0.15) is 4.31 Å². The van der Waals surface area contributed by atoms with Gasteiger partial charge in [0.1, 0.15) is 5.75 Å². The molecule has 2 aliphatic heterocycles. The minimum atomic E-state index is -3.73. The van der Waals surface area contributed by atoms with Crippen molar-refractivity contribution in [2.24, 2.45) is 5.92 Å². The standard InChI is InChI=1S/C24H29N3O5S/c1-24(2)20-15-19(9-10-21(20)26(3)23(24)29)33(30,31)27-13-11-16(12-14-27)22(28)25-17-5-7-18(32-4)8-6-17/h5-10,15-16H,11-14H2,1-4H3,(H,25,28). The molecule has 2 aromatic rings. The highest BCUT2D eigenvalue weighted by Gasteiger charge is 2.43. The van der Waals surface area contributed by atoms with Crippen LogP contribution in [-0.2, 0) is 25.0 Å². The number of benzene rings is 2. The average molecular weight is 472 g/mol. The van der Waals surface area contributed by atoms with Crippen molar-refractivity contribution >= 4 is 33.2 Å². The average Bonchev–Trinajstić information content (AvgIpc) is 2.99. The number of anilines is 2. The van der Waals surface area contributed by atoms with E-state index in [0.29, 0.717) is 29.8 Å². The number of likely N-dealkylation sites (N-methyl/N-ethyl adjacent to an activating group) is 1. The summed E-state index contributed by atoms with van der Waals surface area (Å²) < 4.78 is 33.2. The number of piperidine rings is 1. The Balaban J connectivity index is 1.44. The van der Waals surface area contributed by atoms with Gasteiger partial charge in [-0.3, -0.25) is 9.59 Å². The lowest BCUT2D eigenvalue weighted by molar-refractivity contribution is -0.122. The summed E-state index contributed by atoms with van der Waals surface area (Å²) in [4.78, 5) is 26.9. The van der Waals surface area contributed by atoms with Gasteiger partial charge in [0, 0.05) is 37.4 Å². The molecule has 0 aromatic heterocycles. The van der Waals surface area contributed by atoms with Crippen molar-refractivity contribution in [3.8, 4) is 5.75 Å². The Bertz CT molecular complexity index is 1180. The third kappa shape index (κ3) is 4.11. The molecule has 0 bridgehead atoms. The van der Waals surface area contributed by atoms with Crippen LogP contribution in [0.3, 0.4) is 0 Å². The minimum absolute atomic E-state index is 0.0595. The maximum atomic E-state index is 13.3. The van der Waals surface area contributed by atoms with E-state index in [1.165, 1.54) is 4.31 Å². The van der Waals surface area contributed by atoms with Crippen molar-refractivity contribution in [1.82, 2.24) is 4.31 Å². The molecule has 2 heterocycles. The Morgan fingerprint density at radius 1 is 1.09 bits per heavy atom. The molecule has 1 saturated heterocycles. The van der Waals surface area contributed by atoms with Crippen LogP contribution >= 0.6 is 0 Å². The predicted octanol–water partition coefficient (Wildman–Crippen LogP) is 2.99. The molecule has 176 valence electrons. The van der Waals surface area contributed by atoms with Crippen LogP contribution in [0.2, 0.25) is 0 Å². The third-order valence-corrected chi connectivity index (χ3v) is 8.56. The van der Waals surface area contributed by atoms with Crippen LogP contribution in [0.4, 0.5) is 11.4 Å². The lowest BCUT2D eigenvalue weighted by Gasteiger charge is -2.30. The molecule has 9 heteroatoms. The molecule has 0 aliphatic carbocycles. The van der Waals surface area contributed by atoms with E-state index in [2.05, 4.69) is 5.32 Å². The number of hydrogen-bond acceptors (Lipinski definition) is 5. The van der Waals surface area contributed by atoms with Crippen molar-refractivity contribution < 1.29 is 22.7 Å². The van der Waals surface area contributed by atoms with Crippen molar-refractivity contribution in [3.05, 3.63) is 48.0 Å². The Labute approximate surface area is 194 Å². The van der Waals surface area contributed by atoms with Gasteiger partial charge in [0.25, 0.3) is 0 Å². The second kappa shape index (κ2) is 8.46. The van der Waals surface area contributed by atoms with Crippen molar-refractivity contribution in [1.29, 1.82) is 0 Å². The zero-order valence-corrected chi connectivity index (χ0v) is 20.1. The van der Waals surface area contributed by atoms with Crippen molar-refractivity contribution in [3.63, 3.8) is 0 Å². The van der Waals surface area contributed by atoms with Gasteiger partial charge < -0.3 is 15.0 Å². The monoisotopic (exact) mass is 471 g/mol. The maximum absolute atomic E-state index is 13.3. The van der Waals surface area contributed by atoms with E-state index in [9.17, 15) is 18.0 Å². The van der Waals surface area contributed by atoms with E-state index in [4.69, 9.17) is 4.74 Å². The fraction of sp³-hybridized carbons (Fsp3) is 0.417.